The summed E-state index contributed by atoms with van der Waals surface area (Å²) in [5.74, 6) is 0. The van der Waals surface area contributed by atoms with E-state index in [0.717, 1.165) is 11.4 Å². The van der Waals surface area contributed by atoms with E-state index in [-0.39, 0.29) is 0 Å². The number of rotatable bonds is 1. The molecule has 0 saturated heterocycles. The topological polar surface area (TPSA) is 24.7 Å². The Bertz CT molecular complexity index is 172. The van der Waals surface area contributed by atoms with Crippen LogP contribution >= 0.6 is 0 Å². The van der Waals surface area contributed by atoms with Crippen molar-refractivity contribution in [3.8, 4) is 0 Å². The van der Waals surface area contributed by atoms with E-state index < -0.39 is 0 Å². The van der Waals surface area contributed by atoms with E-state index in [2.05, 4.69) is 9.98 Å². The molecule has 0 spiro atoms. The SMILES string of the molecule is CC=N/C(C)=C/C.CN=C(C)C. The van der Waals surface area contributed by atoms with Crippen molar-refractivity contribution < 1.29 is 0 Å². The Morgan fingerprint density at radius 1 is 1.08 bits per heavy atom. The minimum absolute atomic E-state index is 1.07. The van der Waals surface area contributed by atoms with Gasteiger partial charge in [-0.15, -0.1) is 0 Å². The predicted molar refractivity (Wildman–Crippen MR) is 58.3 cm³/mol. The Morgan fingerprint density at radius 2 is 1.50 bits per heavy atom. The van der Waals surface area contributed by atoms with Crippen molar-refractivity contribution in [2.75, 3.05) is 7.05 Å². The van der Waals surface area contributed by atoms with Gasteiger partial charge in [0.05, 0.1) is 0 Å². The van der Waals surface area contributed by atoms with E-state index in [1.807, 2.05) is 40.7 Å². The third-order valence-electron chi connectivity index (χ3n) is 1.20. The summed E-state index contributed by atoms with van der Waals surface area (Å²) < 4.78 is 0. The van der Waals surface area contributed by atoms with Gasteiger partial charge in [0.1, 0.15) is 0 Å². The number of hydrogen-bond donors (Lipinski definition) is 0. The second-order valence-corrected chi connectivity index (χ2v) is 2.49. The lowest BCUT2D eigenvalue weighted by Crippen LogP contribution is -1.74. The molecule has 70 valence electrons. The maximum Gasteiger partial charge on any atom is 0.0326 e. The fraction of sp³-hybridized carbons (Fsp3) is 0.600. The van der Waals surface area contributed by atoms with Gasteiger partial charge in [0, 0.05) is 24.7 Å². The third kappa shape index (κ3) is 16.0. The normalized spacial score (nSPS) is 10.7. The summed E-state index contributed by atoms with van der Waals surface area (Å²) in [4.78, 5) is 7.78. The van der Waals surface area contributed by atoms with Crippen LogP contribution in [0.3, 0.4) is 0 Å². The summed E-state index contributed by atoms with van der Waals surface area (Å²) >= 11 is 0. The fourth-order valence-electron chi connectivity index (χ4n) is 0.278. The highest BCUT2D eigenvalue weighted by Gasteiger charge is 1.70. The fourth-order valence-corrected chi connectivity index (χ4v) is 0.278. The van der Waals surface area contributed by atoms with E-state index in [9.17, 15) is 0 Å². The monoisotopic (exact) mass is 168 g/mol. The van der Waals surface area contributed by atoms with E-state index in [0.29, 0.717) is 0 Å². The molecule has 2 heteroatoms. The van der Waals surface area contributed by atoms with E-state index in [1.54, 1.807) is 13.3 Å². The molecule has 0 bridgehead atoms. The average molecular weight is 168 g/mol. The first-order valence-electron chi connectivity index (χ1n) is 4.10. The highest BCUT2D eigenvalue weighted by Crippen LogP contribution is 1.89. The Labute approximate surface area is 76.1 Å². The summed E-state index contributed by atoms with van der Waals surface area (Å²) in [7, 11) is 1.79. The largest absolute Gasteiger partial charge is 0.298 e. The molecule has 2 nitrogen and oxygen atoms in total. The van der Waals surface area contributed by atoms with Crippen LogP contribution in [-0.4, -0.2) is 19.0 Å². The van der Waals surface area contributed by atoms with Gasteiger partial charge >= 0.3 is 0 Å². The maximum absolute atomic E-state index is 3.98. The Morgan fingerprint density at radius 3 is 1.58 bits per heavy atom. The van der Waals surface area contributed by atoms with Crippen LogP contribution in [0.5, 0.6) is 0 Å². The lowest BCUT2D eigenvalue weighted by molar-refractivity contribution is 1.29. The van der Waals surface area contributed by atoms with Crippen molar-refractivity contribution in [1.29, 1.82) is 0 Å². The molecule has 0 aromatic heterocycles. The molecule has 0 aliphatic carbocycles. The van der Waals surface area contributed by atoms with Crippen molar-refractivity contribution in [3.05, 3.63) is 11.8 Å². The standard InChI is InChI=1S/C6H11N.C4H9N/c1-4-6(3)7-5-2;1-4(2)5-3/h4-5H,1-3H3;1-3H3/b6-4+,7-5?;. The number of aliphatic imine (C=N–C) groups is 2. The second kappa shape index (κ2) is 10.1. The first-order valence-corrected chi connectivity index (χ1v) is 4.10. The molecule has 0 aliphatic rings. The number of hydrogen-bond acceptors (Lipinski definition) is 2. The second-order valence-electron chi connectivity index (χ2n) is 2.49. The van der Waals surface area contributed by atoms with Crippen LogP contribution in [0.1, 0.15) is 34.6 Å². The molecule has 0 aromatic rings. The van der Waals surface area contributed by atoms with Gasteiger partial charge in [0.25, 0.3) is 0 Å². The first kappa shape index (κ1) is 13.7. The summed E-state index contributed by atoms with van der Waals surface area (Å²) in [6.45, 7) is 9.80. The number of allylic oxidation sites excluding steroid dienone is 2. The van der Waals surface area contributed by atoms with E-state index >= 15 is 0 Å². The molecule has 0 amide bonds. The molecule has 0 radical (unpaired) electrons. The predicted octanol–water partition coefficient (Wildman–Crippen LogP) is 3.10. The van der Waals surface area contributed by atoms with Gasteiger partial charge in [-0.2, -0.15) is 0 Å². The van der Waals surface area contributed by atoms with Gasteiger partial charge in [-0.05, 0) is 34.6 Å². The molecular formula is C10H20N2. The van der Waals surface area contributed by atoms with Crippen molar-refractivity contribution in [3.63, 3.8) is 0 Å². The van der Waals surface area contributed by atoms with Gasteiger partial charge in [0.2, 0.25) is 0 Å². The van der Waals surface area contributed by atoms with Gasteiger partial charge in [-0.1, -0.05) is 6.08 Å². The quantitative estimate of drug-likeness (QED) is 0.537. The van der Waals surface area contributed by atoms with Crippen molar-refractivity contribution >= 4 is 11.9 Å². The van der Waals surface area contributed by atoms with Crippen LogP contribution in [0.15, 0.2) is 21.8 Å². The zero-order valence-electron chi connectivity index (χ0n) is 9.05. The lowest BCUT2D eigenvalue weighted by atomic mass is 10.5. The van der Waals surface area contributed by atoms with Gasteiger partial charge in [-0.25, -0.2) is 0 Å². The van der Waals surface area contributed by atoms with Crippen LogP contribution in [0.2, 0.25) is 0 Å². The van der Waals surface area contributed by atoms with Crippen molar-refractivity contribution in [2.45, 2.75) is 34.6 Å². The minimum atomic E-state index is 1.07. The molecule has 0 N–H and O–H groups in total. The molecule has 0 heterocycles. The molecule has 0 atom stereocenters. The van der Waals surface area contributed by atoms with Crippen LogP contribution in [-0.2, 0) is 0 Å². The molecule has 0 aliphatic heterocycles. The summed E-state index contributed by atoms with van der Waals surface area (Å²) in [6.07, 6.45) is 3.76. The van der Waals surface area contributed by atoms with Gasteiger partial charge in [-0.3, -0.25) is 9.98 Å². The first-order chi connectivity index (χ1) is 5.58. The Hall–Kier alpha value is -0.920. The maximum atomic E-state index is 3.98. The van der Waals surface area contributed by atoms with Crippen LogP contribution in [0.25, 0.3) is 0 Å². The van der Waals surface area contributed by atoms with Crippen LogP contribution in [0, 0.1) is 0 Å². The lowest BCUT2D eigenvalue weighted by Gasteiger charge is -1.81. The summed E-state index contributed by atoms with van der Waals surface area (Å²) in [5, 5.41) is 0. The summed E-state index contributed by atoms with van der Waals surface area (Å²) in [5.41, 5.74) is 2.20. The smallest absolute Gasteiger partial charge is 0.0326 e. The molecule has 0 saturated carbocycles. The highest BCUT2D eigenvalue weighted by atomic mass is 14.7. The number of nitrogens with zero attached hydrogens (tertiary/aromatic N) is 2. The molecule has 0 rings (SSSR count). The van der Waals surface area contributed by atoms with Gasteiger partial charge < -0.3 is 0 Å². The van der Waals surface area contributed by atoms with Crippen molar-refractivity contribution in [2.24, 2.45) is 9.98 Å². The van der Waals surface area contributed by atoms with Crippen molar-refractivity contribution in [1.82, 2.24) is 0 Å². The molecular weight excluding hydrogens is 148 g/mol. The molecule has 0 unspecified atom stereocenters. The van der Waals surface area contributed by atoms with E-state index in [1.165, 1.54) is 0 Å². The van der Waals surface area contributed by atoms with Crippen LogP contribution in [0.4, 0.5) is 0 Å². The zero-order valence-corrected chi connectivity index (χ0v) is 9.05. The van der Waals surface area contributed by atoms with Crippen LogP contribution < -0.4 is 0 Å². The Kier molecular flexibility index (Phi) is 11.5. The highest BCUT2D eigenvalue weighted by molar-refractivity contribution is 5.78. The summed E-state index contributed by atoms with van der Waals surface area (Å²) in [6, 6.07) is 0. The van der Waals surface area contributed by atoms with Gasteiger partial charge in [0.15, 0.2) is 0 Å². The Balaban J connectivity index is 0. The minimum Gasteiger partial charge on any atom is -0.298 e. The molecule has 0 aromatic carbocycles. The molecule has 0 fully saturated rings. The zero-order chi connectivity index (χ0) is 9.98. The molecule has 12 heavy (non-hydrogen) atoms. The average Bonchev–Trinajstić information content (AvgIpc) is 2.06. The third-order valence-corrected chi connectivity index (χ3v) is 1.20. The van der Waals surface area contributed by atoms with E-state index in [4.69, 9.17) is 0 Å².